The lowest BCUT2D eigenvalue weighted by atomic mass is 9.93. The van der Waals surface area contributed by atoms with E-state index >= 15 is 0 Å². The van der Waals surface area contributed by atoms with Crippen molar-refractivity contribution >= 4 is 30.5 Å². The standard InChI is InChI=1S/C15H24FNSSi/c1-7-10-9(3)12(15(17)18)14(19(4,5)6)13(16)11(10)8-2/h7-8H2,1-6H3,(H2,17,18). The fraction of sp³-hybridized carbons (Fsp3) is 0.533. The summed E-state index contributed by atoms with van der Waals surface area (Å²) in [5.41, 5.74) is 9.67. The van der Waals surface area contributed by atoms with E-state index in [1.165, 1.54) is 0 Å². The molecule has 1 nitrogen and oxygen atoms in total. The molecule has 0 saturated heterocycles. The number of rotatable bonds is 4. The van der Waals surface area contributed by atoms with Crippen molar-refractivity contribution in [1.29, 1.82) is 0 Å². The van der Waals surface area contributed by atoms with Crippen LogP contribution in [0.5, 0.6) is 0 Å². The third kappa shape index (κ3) is 2.89. The van der Waals surface area contributed by atoms with E-state index in [1.54, 1.807) is 0 Å². The number of halogens is 1. The zero-order valence-corrected chi connectivity index (χ0v) is 14.6. The van der Waals surface area contributed by atoms with Crippen LogP contribution in [-0.2, 0) is 12.8 Å². The zero-order valence-electron chi connectivity index (χ0n) is 12.8. The summed E-state index contributed by atoms with van der Waals surface area (Å²) >= 11 is 5.19. The van der Waals surface area contributed by atoms with Gasteiger partial charge in [0.2, 0.25) is 0 Å². The molecule has 4 heteroatoms. The molecule has 0 atom stereocenters. The number of thiocarbonyl (C=S) groups is 1. The first-order chi connectivity index (χ1) is 8.66. The highest BCUT2D eigenvalue weighted by molar-refractivity contribution is 7.80. The molecule has 2 N–H and O–H groups in total. The molecule has 1 aromatic carbocycles. The van der Waals surface area contributed by atoms with Crippen molar-refractivity contribution in [3.63, 3.8) is 0 Å². The molecular formula is C15H24FNSSi. The SMILES string of the molecule is CCc1c(C)c(C(N)=S)c([Si](C)(C)C)c(F)c1CC. The monoisotopic (exact) mass is 297 g/mol. The van der Waals surface area contributed by atoms with Crippen molar-refractivity contribution in [3.8, 4) is 0 Å². The van der Waals surface area contributed by atoms with Crippen molar-refractivity contribution in [2.45, 2.75) is 53.3 Å². The molecule has 19 heavy (non-hydrogen) atoms. The van der Waals surface area contributed by atoms with E-state index in [-0.39, 0.29) is 5.82 Å². The van der Waals surface area contributed by atoms with Crippen LogP contribution < -0.4 is 10.9 Å². The summed E-state index contributed by atoms with van der Waals surface area (Å²) < 4.78 is 14.9. The minimum absolute atomic E-state index is 0.0630. The molecule has 0 heterocycles. The van der Waals surface area contributed by atoms with Crippen molar-refractivity contribution < 1.29 is 4.39 Å². The van der Waals surface area contributed by atoms with E-state index in [1.807, 2.05) is 13.8 Å². The van der Waals surface area contributed by atoms with Crippen LogP contribution in [0, 0.1) is 12.7 Å². The molecule has 0 spiro atoms. The lowest BCUT2D eigenvalue weighted by molar-refractivity contribution is 0.615. The molecule has 106 valence electrons. The molecule has 1 rings (SSSR count). The summed E-state index contributed by atoms with van der Waals surface area (Å²) in [6, 6.07) is 0. The van der Waals surface area contributed by atoms with Gasteiger partial charge in [0.1, 0.15) is 10.8 Å². The summed E-state index contributed by atoms with van der Waals surface area (Å²) in [4.78, 5) is 0.325. The first-order valence-electron chi connectivity index (χ1n) is 6.80. The van der Waals surface area contributed by atoms with Gasteiger partial charge in [-0.1, -0.05) is 45.7 Å². The van der Waals surface area contributed by atoms with Crippen molar-refractivity contribution in [1.82, 2.24) is 0 Å². The maximum atomic E-state index is 14.9. The first kappa shape index (κ1) is 16.3. The Balaban J connectivity index is 3.90. The molecule has 0 saturated carbocycles. The Kier molecular flexibility index (Phi) is 4.90. The zero-order chi connectivity index (χ0) is 15.0. The van der Waals surface area contributed by atoms with Gasteiger partial charge in [0.15, 0.2) is 0 Å². The van der Waals surface area contributed by atoms with Crippen LogP contribution in [0.25, 0.3) is 0 Å². The second kappa shape index (κ2) is 5.71. The molecule has 0 aromatic heterocycles. The molecule has 0 unspecified atom stereocenters. The fourth-order valence-electron chi connectivity index (χ4n) is 2.82. The lowest BCUT2D eigenvalue weighted by Crippen LogP contribution is -2.46. The summed E-state index contributed by atoms with van der Waals surface area (Å²) in [6.07, 6.45) is 1.53. The van der Waals surface area contributed by atoms with Gasteiger partial charge in [0.05, 0.1) is 8.07 Å². The van der Waals surface area contributed by atoms with Crippen LogP contribution in [0.3, 0.4) is 0 Å². The molecule has 0 bridgehead atoms. The lowest BCUT2D eigenvalue weighted by Gasteiger charge is -2.27. The molecule has 0 amide bonds. The molecular weight excluding hydrogens is 273 g/mol. The van der Waals surface area contributed by atoms with Gasteiger partial charge in [-0.2, -0.15) is 0 Å². The Morgan fingerprint density at radius 3 is 1.95 bits per heavy atom. The second-order valence-corrected chi connectivity index (χ2v) is 11.4. The third-order valence-electron chi connectivity index (χ3n) is 3.63. The van der Waals surface area contributed by atoms with Gasteiger partial charge < -0.3 is 5.73 Å². The average molecular weight is 298 g/mol. The number of hydrogen-bond acceptors (Lipinski definition) is 1. The molecule has 1 aromatic rings. The van der Waals surface area contributed by atoms with E-state index in [4.69, 9.17) is 18.0 Å². The minimum atomic E-state index is -1.84. The largest absolute Gasteiger partial charge is 0.389 e. The Bertz CT molecular complexity index is 518. The molecule has 0 fully saturated rings. The predicted octanol–water partition coefficient (Wildman–Crippen LogP) is 3.44. The van der Waals surface area contributed by atoms with Crippen molar-refractivity contribution in [3.05, 3.63) is 28.1 Å². The van der Waals surface area contributed by atoms with Gasteiger partial charge in [0, 0.05) is 5.56 Å². The number of hydrogen-bond donors (Lipinski definition) is 1. The van der Waals surface area contributed by atoms with E-state index < -0.39 is 8.07 Å². The average Bonchev–Trinajstić information content (AvgIpc) is 2.28. The molecule has 0 aliphatic carbocycles. The van der Waals surface area contributed by atoms with Gasteiger partial charge in [-0.3, -0.25) is 0 Å². The van der Waals surface area contributed by atoms with E-state index in [2.05, 4.69) is 26.6 Å². The number of benzene rings is 1. The Hall–Kier alpha value is -0.743. The quantitative estimate of drug-likeness (QED) is 0.680. The normalized spacial score (nSPS) is 11.7. The number of nitrogens with two attached hydrogens (primary N) is 1. The van der Waals surface area contributed by atoms with Crippen LogP contribution in [0.2, 0.25) is 19.6 Å². The van der Waals surface area contributed by atoms with E-state index in [0.29, 0.717) is 11.4 Å². The maximum absolute atomic E-state index is 14.9. The summed E-state index contributed by atoms with van der Waals surface area (Å²) in [6.45, 7) is 12.5. The van der Waals surface area contributed by atoms with Crippen LogP contribution in [0.15, 0.2) is 0 Å². The van der Waals surface area contributed by atoms with Crippen molar-refractivity contribution in [2.24, 2.45) is 5.73 Å². The molecule has 0 aliphatic rings. The predicted molar refractivity (Wildman–Crippen MR) is 88.8 cm³/mol. The highest BCUT2D eigenvalue weighted by Gasteiger charge is 2.30. The fourth-order valence-corrected chi connectivity index (χ4v) is 5.04. The Morgan fingerprint density at radius 2 is 1.63 bits per heavy atom. The van der Waals surface area contributed by atoms with Crippen LogP contribution in [0.4, 0.5) is 4.39 Å². The Morgan fingerprint density at radius 1 is 1.16 bits per heavy atom. The first-order valence-corrected chi connectivity index (χ1v) is 10.7. The van der Waals surface area contributed by atoms with Gasteiger partial charge >= 0.3 is 0 Å². The third-order valence-corrected chi connectivity index (χ3v) is 5.80. The van der Waals surface area contributed by atoms with Crippen LogP contribution >= 0.6 is 12.2 Å². The van der Waals surface area contributed by atoms with Gasteiger partial charge in [0.25, 0.3) is 0 Å². The van der Waals surface area contributed by atoms with Gasteiger partial charge in [-0.05, 0) is 41.6 Å². The second-order valence-electron chi connectivity index (χ2n) is 5.97. The summed E-state index contributed by atoms with van der Waals surface area (Å²) in [5.74, 6) is -0.0630. The Labute approximate surface area is 122 Å². The maximum Gasteiger partial charge on any atom is 0.126 e. The highest BCUT2D eigenvalue weighted by atomic mass is 32.1. The topological polar surface area (TPSA) is 26.0 Å². The van der Waals surface area contributed by atoms with Gasteiger partial charge in [-0.25, -0.2) is 4.39 Å². The van der Waals surface area contributed by atoms with Crippen LogP contribution in [0.1, 0.15) is 36.1 Å². The van der Waals surface area contributed by atoms with E-state index in [9.17, 15) is 4.39 Å². The highest BCUT2D eigenvalue weighted by Crippen LogP contribution is 2.25. The van der Waals surface area contributed by atoms with E-state index in [0.717, 1.165) is 33.9 Å². The van der Waals surface area contributed by atoms with Crippen molar-refractivity contribution in [2.75, 3.05) is 0 Å². The molecule has 0 aliphatic heterocycles. The minimum Gasteiger partial charge on any atom is -0.389 e. The molecule has 0 radical (unpaired) electrons. The van der Waals surface area contributed by atoms with Crippen LogP contribution in [-0.4, -0.2) is 13.1 Å². The smallest absolute Gasteiger partial charge is 0.126 e. The van der Waals surface area contributed by atoms with Gasteiger partial charge in [-0.15, -0.1) is 0 Å². The summed E-state index contributed by atoms with van der Waals surface area (Å²) in [7, 11) is -1.84. The summed E-state index contributed by atoms with van der Waals surface area (Å²) in [5, 5.41) is 0.798.